The molecular formula is C20H26N2O6S. The number of sulfonamides is 1. The standard InChI is InChI=1S/C20H26N2O6S/c1-13-7-9-16(10-8-13)29(23,24)22-21-19(14(2)25-3)15-11-17(26-4)20(28-6)18(12-15)27-5/h7-12,14,22H,1-6H3/b21-19+. The summed E-state index contributed by atoms with van der Waals surface area (Å²) in [4.78, 5) is 2.39. The van der Waals surface area contributed by atoms with Gasteiger partial charge in [-0.25, -0.2) is 0 Å². The van der Waals surface area contributed by atoms with E-state index in [-0.39, 0.29) is 4.90 Å². The summed E-state index contributed by atoms with van der Waals surface area (Å²) in [5, 5.41) is 4.14. The first kappa shape index (κ1) is 22.5. The van der Waals surface area contributed by atoms with Crippen LogP contribution >= 0.6 is 0 Å². The van der Waals surface area contributed by atoms with Crippen molar-refractivity contribution in [2.45, 2.75) is 24.8 Å². The number of rotatable bonds is 9. The van der Waals surface area contributed by atoms with Crippen molar-refractivity contribution >= 4 is 15.7 Å². The van der Waals surface area contributed by atoms with Crippen LogP contribution in [0.4, 0.5) is 0 Å². The van der Waals surface area contributed by atoms with Crippen molar-refractivity contribution in [3.63, 3.8) is 0 Å². The van der Waals surface area contributed by atoms with E-state index in [4.69, 9.17) is 18.9 Å². The van der Waals surface area contributed by atoms with Gasteiger partial charge in [-0.3, -0.25) is 0 Å². The molecule has 0 saturated carbocycles. The smallest absolute Gasteiger partial charge is 0.276 e. The molecule has 1 N–H and O–H groups in total. The number of aryl methyl sites for hydroxylation is 1. The lowest BCUT2D eigenvalue weighted by Crippen LogP contribution is -2.27. The molecule has 2 aromatic carbocycles. The minimum Gasteiger partial charge on any atom is -0.493 e. The average molecular weight is 423 g/mol. The van der Waals surface area contributed by atoms with Crippen LogP contribution in [0.5, 0.6) is 17.2 Å². The maximum Gasteiger partial charge on any atom is 0.276 e. The van der Waals surface area contributed by atoms with Gasteiger partial charge >= 0.3 is 0 Å². The molecule has 0 saturated heterocycles. The number of hydrazone groups is 1. The minimum absolute atomic E-state index is 0.112. The number of nitrogens with one attached hydrogen (secondary N) is 1. The Morgan fingerprint density at radius 1 is 0.966 bits per heavy atom. The summed E-state index contributed by atoms with van der Waals surface area (Å²) in [5.74, 6) is 1.25. The van der Waals surface area contributed by atoms with Gasteiger partial charge in [0.05, 0.1) is 38.0 Å². The highest BCUT2D eigenvalue weighted by Crippen LogP contribution is 2.38. The molecule has 1 unspecified atom stereocenters. The number of methoxy groups -OCH3 is 4. The monoisotopic (exact) mass is 422 g/mol. The normalized spacial score (nSPS) is 13.0. The van der Waals surface area contributed by atoms with E-state index < -0.39 is 16.1 Å². The molecule has 0 amide bonds. The largest absolute Gasteiger partial charge is 0.493 e. The second kappa shape index (κ2) is 9.62. The topological polar surface area (TPSA) is 95.5 Å². The Hall–Kier alpha value is -2.78. The van der Waals surface area contributed by atoms with Gasteiger partial charge in [0.2, 0.25) is 5.75 Å². The Kier molecular flexibility index (Phi) is 7.46. The van der Waals surface area contributed by atoms with Crippen molar-refractivity contribution in [3.05, 3.63) is 47.5 Å². The van der Waals surface area contributed by atoms with Gasteiger partial charge in [0.15, 0.2) is 11.5 Å². The lowest BCUT2D eigenvalue weighted by molar-refractivity contribution is 0.170. The molecule has 1 atom stereocenters. The molecule has 2 rings (SSSR count). The molecule has 0 heterocycles. The molecule has 2 aromatic rings. The van der Waals surface area contributed by atoms with Gasteiger partial charge in [-0.05, 0) is 38.1 Å². The van der Waals surface area contributed by atoms with Crippen molar-refractivity contribution in [3.8, 4) is 17.2 Å². The van der Waals surface area contributed by atoms with Crippen LogP contribution in [-0.4, -0.2) is 48.7 Å². The molecule has 0 aliphatic heterocycles. The summed E-state index contributed by atoms with van der Waals surface area (Å²) in [6.45, 7) is 3.63. The quantitative estimate of drug-likeness (QED) is 0.493. The van der Waals surface area contributed by atoms with Crippen LogP contribution in [0.25, 0.3) is 0 Å². The van der Waals surface area contributed by atoms with E-state index in [1.54, 1.807) is 31.2 Å². The Labute approximate surface area is 171 Å². The summed E-state index contributed by atoms with van der Waals surface area (Å²) in [6, 6.07) is 9.83. The van der Waals surface area contributed by atoms with E-state index in [0.717, 1.165) is 5.56 Å². The van der Waals surface area contributed by atoms with Gasteiger partial charge in [-0.2, -0.15) is 18.4 Å². The summed E-state index contributed by atoms with van der Waals surface area (Å²) >= 11 is 0. The maximum atomic E-state index is 12.6. The molecule has 8 nitrogen and oxygen atoms in total. The maximum absolute atomic E-state index is 12.6. The first-order valence-corrected chi connectivity index (χ1v) is 10.2. The number of ether oxygens (including phenoxy) is 4. The average Bonchev–Trinajstić information content (AvgIpc) is 2.72. The second-order valence-electron chi connectivity index (χ2n) is 6.20. The summed E-state index contributed by atoms with van der Waals surface area (Å²) < 4.78 is 46.7. The van der Waals surface area contributed by atoms with Gasteiger partial charge in [-0.1, -0.05) is 17.7 Å². The van der Waals surface area contributed by atoms with Crippen molar-refractivity contribution in [1.82, 2.24) is 4.83 Å². The zero-order valence-corrected chi connectivity index (χ0v) is 18.2. The Morgan fingerprint density at radius 3 is 1.97 bits per heavy atom. The highest BCUT2D eigenvalue weighted by Gasteiger charge is 2.21. The molecule has 0 aliphatic rings. The fraction of sp³-hybridized carbons (Fsp3) is 0.350. The van der Waals surface area contributed by atoms with Crippen LogP contribution in [0.1, 0.15) is 18.1 Å². The molecule has 0 radical (unpaired) electrons. The predicted octanol–water partition coefficient (Wildman–Crippen LogP) is 2.74. The van der Waals surface area contributed by atoms with Crippen LogP contribution in [0, 0.1) is 6.92 Å². The zero-order valence-electron chi connectivity index (χ0n) is 17.3. The summed E-state index contributed by atoms with van der Waals surface area (Å²) in [6.07, 6.45) is -0.515. The zero-order chi connectivity index (χ0) is 21.6. The van der Waals surface area contributed by atoms with Crippen molar-refractivity contribution in [2.75, 3.05) is 28.4 Å². The molecule has 0 fully saturated rings. The van der Waals surface area contributed by atoms with E-state index >= 15 is 0 Å². The van der Waals surface area contributed by atoms with Crippen LogP contribution in [-0.2, 0) is 14.8 Å². The highest BCUT2D eigenvalue weighted by molar-refractivity contribution is 7.89. The molecular weight excluding hydrogens is 396 g/mol. The molecule has 158 valence electrons. The lowest BCUT2D eigenvalue weighted by atomic mass is 10.0. The summed E-state index contributed by atoms with van der Waals surface area (Å²) in [7, 11) is 2.16. The third-order valence-corrected chi connectivity index (χ3v) is 5.54. The summed E-state index contributed by atoms with van der Waals surface area (Å²) in [5.41, 5.74) is 1.86. The van der Waals surface area contributed by atoms with E-state index in [1.165, 1.54) is 40.6 Å². The third kappa shape index (κ3) is 5.18. The molecule has 0 aromatic heterocycles. The molecule has 0 spiro atoms. The lowest BCUT2D eigenvalue weighted by Gasteiger charge is -2.18. The van der Waals surface area contributed by atoms with E-state index in [0.29, 0.717) is 28.5 Å². The predicted molar refractivity (Wildman–Crippen MR) is 111 cm³/mol. The van der Waals surface area contributed by atoms with E-state index in [9.17, 15) is 8.42 Å². The van der Waals surface area contributed by atoms with Crippen molar-refractivity contribution < 1.29 is 27.4 Å². The van der Waals surface area contributed by atoms with Gasteiger partial charge in [-0.15, -0.1) is 0 Å². The molecule has 0 aliphatic carbocycles. The minimum atomic E-state index is -3.85. The van der Waals surface area contributed by atoms with Gasteiger partial charge < -0.3 is 18.9 Å². The Bertz CT molecular complexity index is 946. The second-order valence-corrected chi connectivity index (χ2v) is 7.86. The van der Waals surface area contributed by atoms with Gasteiger partial charge in [0.1, 0.15) is 0 Å². The van der Waals surface area contributed by atoms with E-state index in [2.05, 4.69) is 9.93 Å². The van der Waals surface area contributed by atoms with Crippen molar-refractivity contribution in [2.24, 2.45) is 5.10 Å². The number of nitrogens with zero attached hydrogens (tertiary/aromatic N) is 1. The van der Waals surface area contributed by atoms with Crippen LogP contribution in [0.2, 0.25) is 0 Å². The fourth-order valence-corrected chi connectivity index (χ4v) is 3.43. The van der Waals surface area contributed by atoms with E-state index in [1.807, 2.05) is 6.92 Å². The first-order valence-electron chi connectivity index (χ1n) is 8.76. The Balaban J connectivity index is 2.50. The van der Waals surface area contributed by atoms with Gasteiger partial charge in [0, 0.05) is 12.7 Å². The molecule has 29 heavy (non-hydrogen) atoms. The van der Waals surface area contributed by atoms with Crippen molar-refractivity contribution in [1.29, 1.82) is 0 Å². The number of hydrogen-bond acceptors (Lipinski definition) is 7. The SMILES string of the molecule is COc1cc(/C(=N/NS(=O)(=O)c2ccc(C)cc2)C(C)OC)cc(OC)c1OC. The molecule has 9 heteroatoms. The number of benzene rings is 2. The molecule has 0 bridgehead atoms. The Morgan fingerprint density at radius 2 is 1.52 bits per heavy atom. The van der Waals surface area contributed by atoms with Crippen LogP contribution in [0.3, 0.4) is 0 Å². The van der Waals surface area contributed by atoms with Gasteiger partial charge in [0.25, 0.3) is 10.0 Å². The van der Waals surface area contributed by atoms with Crippen LogP contribution in [0.15, 0.2) is 46.4 Å². The fourth-order valence-electron chi connectivity index (χ4n) is 2.61. The number of hydrogen-bond donors (Lipinski definition) is 1. The first-order chi connectivity index (χ1) is 13.8. The highest BCUT2D eigenvalue weighted by atomic mass is 32.2. The van der Waals surface area contributed by atoms with Crippen LogP contribution < -0.4 is 19.0 Å². The third-order valence-electron chi connectivity index (χ3n) is 4.32.